The number of esters is 1. The molecule has 0 spiro atoms. The number of rotatable bonds is 6. The summed E-state index contributed by atoms with van der Waals surface area (Å²) < 4.78 is 5.20. The van der Waals surface area contributed by atoms with Gasteiger partial charge < -0.3 is 9.84 Å². The normalized spacial score (nSPS) is 14.3. The van der Waals surface area contributed by atoms with Gasteiger partial charge in [-0.3, -0.25) is 4.79 Å². The molecule has 2 unspecified atom stereocenters. The maximum absolute atomic E-state index is 11.9. The summed E-state index contributed by atoms with van der Waals surface area (Å²) in [7, 11) is 0. The van der Waals surface area contributed by atoms with Gasteiger partial charge in [-0.05, 0) is 24.8 Å². The molecule has 100 valence electrons. The molecular weight excluding hydrogens is 228 g/mol. The molecule has 1 aromatic carbocycles. The van der Waals surface area contributed by atoms with Gasteiger partial charge in [-0.25, -0.2) is 0 Å². The molecule has 1 N–H and O–H groups in total. The summed E-state index contributed by atoms with van der Waals surface area (Å²) in [6.45, 7) is 6.00. The number of hydrogen-bond donors (Lipinski definition) is 1. The van der Waals surface area contributed by atoms with Crippen LogP contribution in [-0.2, 0) is 16.0 Å². The van der Waals surface area contributed by atoms with Crippen LogP contribution in [0.4, 0.5) is 0 Å². The first-order chi connectivity index (χ1) is 8.50. The van der Waals surface area contributed by atoms with Crippen LogP contribution in [0.3, 0.4) is 0 Å². The maximum Gasteiger partial charge on any atom is 0.311 e. The van der Waals surface area contributed by atoms with E-state index in [9.17, 15) is 9.90 Å². The average Bonchev–Trinajstić information content (AvgIpc) is 2.34. The number of carbonyl (C=O) groups excluding carboxylic acids is 1. The van der Waals surface area contributed by atoms with Crippen LogP contribution in [0.15, 0.2) is 30.3 Å². The van der Waals surface area contributed by atoms with Crippen molar-refractivity contribution < 1.29 is 14.6 Å². The molecule has 0 saturated carbocycles. The largest absolute Gasteiger partial charge is 0.465 e. The number of aliphatic hydroxyl groups excluding tert-OH is 1. The fourth-order valence-electron chi connectivity index (χ4n) is 1.67. The van der Waals surface area contributed by atoms with Crippen molar-refractivity contribution in [2.75, 3.05) is 6.61 Å². The third-order valence-corrected chi connectivity index (χ3v) is 2.74. The molecule has 0 aromatic heterocycles. The van der Waals surface area contributed by atoms with Gasteiger partial charge in [-0.2, -0.15) is 0 Å². The number of aliphatic hydroxyl groups is 1. The third-order valence-electron chi connectivity index (χ3n) is 2.74. The quantitative estimate of drug-likeness (QED) is 0.789. The molecular formula is C15H22O3. The van der Waals surface area contributed by atoms with Crippen molar-refractivity contribution in [2.24, 2.45) is 11.8 Å². The smallest absolute Gasteiger partial charge is 0.311 e. The SMILES string of the molecule is CC(C)COC(=O)C(Cc1ccccc1)C(C)O. The van der Waals surface area contributed by atoms with E-state index < -0.39 is 12.0 Å². The summed E-state index contributed by atoms with van der Waals surface area (Å²) in [6.07, 6.45) is -0.194. The Morgan fingerprint density at radius 3 is 2.33 bits per heavy atom. The minimum atomic E-state index is -0.704. The van der Waals surface area contributed by atoms with E-state index in [4.69, 9.17) is 4.74 Å². The Kier molecular flexibility index (Phi) is 5.86. The lowest BCUT2D eigenvalue weighted by Gasteiger charge is -2.19. The fraction of sp³-hybridized carbons (Fsp3) is 0.533. The molecule has 0 radical (unpaired) electrons. The second-order valence-electron chi connectivity index (χ2n) is 5.06. The first-order valence-electron chi connectivity index (χ1n) is 6.39. The number of benzene rings is 1. The highest BCUT2D eigenvalue weighted by atomic mass is 16.5. The summed E-state index contributed by atoms with van der Waals surface area (Å²) >= 11 is 0. The number of carbonyl (C=O) groups is 1. The molecule has 0 bridgehead atoms. The van der Waals surface area contributed by atoms with Gasteiger partial charge in [0.05, 0.1) is 18.6 Å². The second-order valence-corrected chi connectivity index (χ2v) is 5.06. The van der Waals surface area contributed by atoms with Crippen molar-refractivity contribution in [3.8, 4) is 0 Å². The summed E-state index contributed by atoms with van der Waals surface area (Å²) in [5.74, 6) is -0.506. The van der Waals surface area contributed by atoms with Gasteiger partial charge in [0.2, 0.25) is 0 Å². The highest BCUT2D eigenvalue weighted by Crippen LogP contribution is 2.15. The summed E-state index contributed by atoms with van der Waals surface area (Å²) in [5.41, 5.74) is 1.03. The standard InChI is InChI=1S/C15H22O3/c1-11(2)10-18-15(17)14(12(3)16)9-13-7-5-4-6-8-13/h4-8,11-12,14,16H,9-10H2,1-3H3. The fourth-order valence-corrected chi connectivity index (χ4v) is 1.67. The van der Waals surface area contributed by atoms with Crippen molar-refractivity contribution in [1.82, 2.24) is 0 Å². The van der Waals surface area contributed by atoms with Crippen molar-refractivity contribution in [3.05, 3.63) is 35.9 Å². The molecule has 0 saturated heterocycles. The van der Waals surface area contributed by atoms with Gasteiger partial charge >= 0.3 is 5.97 Å². The van der Waals surface area contributed by atoms with Gasteiger partial charge in [-0.1, -0.05) is 44.2 Å². The van der Waals surface area contributed by atoms with Gasteiger partial charge in [0.25, 0.3) is 0 Å². The first kappa shape index (κ1) is 14.7. The Bertz CT molecular complexity index is 357. The highest BCUT2D eigenvalue weighted by Gasteiger charge is 2.25. The zero-order valence-electron chi connectivity index (χ0n) is 11.3. The van der Waals surface area contributed by atoms with E-state index in [0.29, 0.717) is 18.9 Å². The summed E-state index contributed by atoms with van der Waals surface area (Å²) in [5, 5.41) is 9.71. The van der Waals surface area contributed by atoms with Crippen molar-refractivity contribution in [1.29, 1.82) is 0 Å². The van der Waals surface area contributed by atoms with E-state index in [1.807, 2.05) is 44.2 Å². The third kappa shape index (κ3) is 4.88. The molecule has 3 heteroatoms. The molecule has 3 nitrogen and oxygen atoms in total. The Hall–Kier alpha value is -1.35. The van der Waals surface area contributed by atoms with Crippen LogP contribution in [0.2, 0.25) is 0 Å². The van der Waals surface area contributed by atoms with Gasteiger partial charge in [-0.15, -0.1) is 0 Å². The molecule has 2 atom stereocenters. The van der Waals surface area contributed by atoms with Crippen molar-refractivity contribution in [2.45, 2.75) is 33.3 Å². The molecule has 0 heterocycles. The zero-order chi connectivity index (χ0) is 13.5. The van der Waals surface area contributed by atoms with Crippen molar-refractivity contribution >= 4 is 5.97 Å². The van der Waals surface area contributed by atoms with E-state index in [2.05, 4.69) is 0 Å². The van der Waals surface area contributed by atoms with Crippen LogP contribution in [-0.4, -0.2) is 23.8 Å². The predicted molar refractivity (Wildman–Crippen MR) is 71.1 cm³/mol. The van der Waals surface area contributed by atoms with Gasteiger partial charge in [0.1, 0.15) is 0 Å². The number of hydrogen-bond acceptors (Lipinski definition) is 3. The lowest BCUT2D eigenvalue weighted by atomic mass is 9.95. The van der Waals surface area contributed by atoms with E-state index in [1.54, 1.807) is 6.92 Å². The van der Waals surface area contributed by atoms with E-state index in [-0.39, 0.29) is 5.97 Å². The van der Waals surface area contributed by atoms with Crippen LogP contribution in [0.5, 0.6) is 0 Å². The lowest BCUT2D eigenvalue weighted by molar-refractivity contribution is -0.153. The molecule has 1 rings (SSSR count). The molecule has 0 aliphatic rings. The molecule has 1 aromatic rings. The summed E-state index contributed by atoms with van der Waals surface area (Å²) in [4.78, 5) is 11.9. The van der Waals surface area contributed by atoms with Crippen LogP contribution in [0.1, 0.15) is 26.3 Å². The molecule has 0 amide bonds. The molecule has 0 fully saturated rings. The maximum atomic E-state index is 11.9. The summed E-state index contributed by atoms with van der Waals surface area (Å²) in [6, 6.07) is 9.68. The highest BCUT2D eigenvalue weighted by molar-refractivity contribution is 5.73. The topological polar surface area (TPSA) is 46.5 Å². The lowest BCUT2D eigenvalue weighted by Crippen LogP contribution is -2.30. The molecule has 0 aliphatic heterocycles. The van der Waals surface area contributed by atoms with Gasteiger partial charge in [0, 0.05) is 0 Å². The van der Waals surface area contributed by atoms with Crippen LogP contribution < -0.4 is 0 Å². The van der Waals surface area contributed by atoms with Gasteiger partial charge in [0.15, 0.2) is 0 Å². The minimum Gasteiger partial charge on any atom is -0.465 e. The molecule has 18 heavy (non-hydrogen) atoms. The Morgan fingerprint density at radius 2 is 1.83 bits per heavy atom. The number of ether oxygens (including phenoxy) is 1. The zero-order valence-corrected chi connectivity index (χ0v) is 11.3. The second kappa shape index (κ2) is 7.17. The van der Waals surface area contributed by atoms with Crippen LogP contribution >= 0.6 is 0 Å². The molecule has 0 aliphatic carbocycles. The minimum absolute atomic E-state index is 0.306. The van der Waals surface area contributed by atoms with Crippen molar-refractivity contribution in [3.63, 3.8) is 0 Å². The Balaban J connectivity index is 2.62. The van der Waals surface area contributed by atoms with Crippen LogP contribution in [0, 0.1) is 11.8 Å². The van der Waals surface area contributed by atoms with E-state index in [0.717, 1.165) is 5.56 Å². The Morgan fingerprint density at radius 1 is 1.22 bits per heavy atom. The predicted octanol–water partition coefficient (Wildman–Crippen LogP) is 2.43. The Labute approximate surface area is 109 Å². The monoisotopic (exact) mass is 250 g/mol. The average molecular weight is 250 g/mol. The van der Waals surface area contributed by atoms with Crippen LogP contribution in [0.25, 0.3) is 0 Å². The van der Waals surface area contributed by atoms with E-state index in [1.165, 1.54) is 0 Å². The first-order valence-corrected chi connectivity index (χ1v) is 6.39. The van der Waals surface area contributed by atoms with E-state index >= 15 is 0 Å².